The fourth-order valence-corrected chi connectivity index (χ4v) is 2.38. The fraction of sp³-hybridized carbons (Fsp3) is 0.462. The molecule has 0 radical (unpaired) electrons. The highest BCUT2D eigenvalue weighted by Crippen LogP contribution is 2.25. The predicted molar refractivity (Wildman–Crippen MR) is 79.4 cm³/mol. The molecule has 1 fully saturated rings. The Morgan fingerprint density at radius 3 is 2.78 bits per heavy atom. The number of nitrogens with one attached hydrogen (secondary N) is 1. The van der Waals surface area contributed by atoms with Gasteiger partial charge in [-0.25, -0.2) is 4.39 Å². The van der Waals surface area contributed by atoms with Crippen molar-refractivity contribution in [3.63, 3.8) is 0 Å². The van der Waals surface area contributed by atoms with Crippen molar-refractivity contribution in [3.05, 3.63) is 35.1 Å². The van der Waals surface area contributed by atoms with E-state index in [2.05, 4.69) is 21.2 Å². The Morgan fingerprint density at radius 2 is 2.28 bits per heavy atom. The van der Waals surface area contributed by atoms with Crippen LogP contribution in [0, 0.1) is 5.82 Å². The predicted octanol–water partition coefficient (Wildman–Crippen LogP) is 3.79. The molecule has 1 N–H and O–H groups in total. The molecule has 2 nitrogen and oxygen atoms in total. The number of carbonyl (C=O) groups excluding carboxylic acids is 1. The summed E-state index contributed by atoms with van der Waals surface area (Å²) in [6.07, 6.45) is 2.15. The van der Waals surface area contributed by atoms with Crippen molar-refractivity contribution in [2.75, 3.05) is 6.54 Å². The highest BCUT2D eigenvalue weighted by molar-refractivity contribution is 9.10. The summed E-state index contributed by atoms with van der Waals surface area (Å²) in [6.45, 7) is 2.68. The first-order chi connectivity index (χ1) is 8.09. The summed E-state index contributed by atoms with van der Waals surface area (Å²) in [5.74, 6) is -0.638. The average Bonchev–Trinajstić information content (AvgIpc) is 2.81. The van der Waals surface area contributed by atoms with Crippen LogP contribution >= 0.6 is 32.9 Å². The Bertz CT molecular complexity index is 431. The molecule has 0 bridgehead atoms. The summed E-state index contributed by atoms with van der Waals surface area (Å²) in [5, 5.41) is 3.31. The molecule has 100 valence electrons. The minimum atomic E-state index is -0.424. The van der Waals surface area contributed by atoms with Crippen LogP contribution in [0.2, 0.25) is 0 Å². The van der Waals surface area contributed by atoms with E-state index in [0.717, 1.165) is 24.9 Å². The van der Waals surface area contributed by atoms with Crippen molar-refractivity contribution in [3.8, 4) is 0 Å². The molecular weight excluding hydrogens is 365 g/mol. The van der Waals surface area contributed by atoms with Gasteiger partial charge in [0.2, 0.25) is 0 Å². The van der Waals surface area contributed by atoms with Crippen LogP contribution in [0.5, 0.6) is 0 Å². The number of halogens is 3. The van der Waals surface area contributed by atoms with Crippen LogP contribution < -0.4 is 5.32 Å². The van der Waals surface area contributed by atoms with Crippen LogP contribution in [-0.2, 0) is 0 Å². The molecule has 1 heterocycles. The summed E-state index contributed by atoms with van der Waals surface area (Å²) in [4.78, 5) is 11.3. The van der Waals surface area contributed by atoms with Gasteiger partial charge in [0.05, 0.1) is 10.4 Å². The number of hydrogen-bond acceptors (Lipinski definition) is 2. The summed E-state index contributed by atoms with van der Waals surface area (Å²) < 4.78 is 13.8. The lowest BCUT2D eigenvalue weighted by Crippen LogP contribution is -2.15. The molecule has 18 heavy (non-hydrogen) atoms. The summed E-state index contributed by atoms with van der Waals surface area (Å²) in [6, 6.07) is 5.14. The molecule has 1 aromatic carbocycles. The van der Waals surface area contributed by atoms with Crippen molar-refractivity contribution in [1.82, 2.24) is 5.32 Å². The lowest BCUT2D eigenvalue weighted by molar-refractivity contribution is 0.0992. The second kappa shape index (κ2) is 6.78. The van der Waals surface area contributed by atoms with Crippen LogP contribution in [0.25, 0.3) is 0 Å². The van der Waals surface area contributed by atoms with E-state index >= 15 is 0 Å². The molecule has 0 saturated carbocycles. The molecule has 1 aromatic rings. The van der Waals surface area contributed by atoms with E-state index in [-0.39, 0.29) is 39.2 Å². The van der Waals surface area contributed by atoms with Gasteiger partial charge < -0.3 is 5.32 Å². The van der Waals surface area contributed by atoms with E-state index in [0.29, 0.717) is 0 Å². The summed E-state index contributed by atoms with van der Waals surface area (Å²) in [5.41, 5.74) is 1.09. The second-order valence-electron chi connectivity index (χ2n) is 4.37. The van der Waals surface area contributed by atoms with Crippen LogP contribution in [0.3, 0.4) is 0 Å². The number of benzene rings is 1. The number of carbonyl (C=O) groups is 1. The van der Waals surface area contributed by atoms with Gasteiger partial charge in [-0.05, 0) is 44.0 Å². The van der Waals surface area contributed by atoms with Crippen molar-refractivity contribution in [2.45, 2.75) is 30.6 Å². The molecule has 0 aromatic heterocycles. The van der Waals surface area contributed by atoms with Crippen LogP contribution in [0.4, 0.5) is 4.39 Å². The van der Waals surface area contributed by atoms with Gasteiger partial charge in [0.15, 0.2) is 5.78 Å². The zero-order valence-electron chi connectivity index (χ0n) is 10.1. The van der Waals surface area contributed by atoms with E-state index in [9.17, 15) is 9.18 Å². The first kappa shape index (κ1) is 15.8. The highest BCUT2D eigenvalue weighted by atomic mass is 79.9. The van der Waals surface area contributed by atoms with Gasteiger partial charge >= 0.3 is 0 Å². The number of alkyl halides is 1. The van der Waals surface area contributed by atoms with Crippen molar-refractivity contribution in [2.24, 2.45) is 0 Å². The van der Waals surface area contributed by atoms with Gasteiger partial charge in [-0.15, -0.1) is 17.0 Å². The Labute approximate surface area is 125 Å². The van der Waals surface area contributed by atoms with Gasteiger partial charge in [0.1, 0.15) is 5.82 Å². The van der Waals surface area contributed by atoms with Gasteiger partial charge in [-0.1, -0.05) is 22.0 Å². The monoisotopic (exact) mass is 379 g/mol. The molecule has 0 amide bonds. The molecule has 5 heteroatoms. The standard InChI is InChI=1S/C13H15BrFNO.BrH/c1-8(14)13(17)10-5-4-9(7-11(10)15)12-3-2-6-16-12;/h4-5,7-8,12,16H,2-3,6H2,1H3;1H. The minimum absolute atomic E-state index is 0. The maximum atomic E-state index is 13.8. The van der Waals surface area contributed by atoms with Crippen LogP contribution in [0.1, 0.15) is 41.7 Å². The van der Waals surface area contributed by atoms with Gasteiger partial charge in [0.25, 0.3) is 0 Å². The second-order valence-corrected chi connectivity index (χ2v) is 5.74. The van der Waals surface area contributed by atoms with E-state index < -0.39 is 5.82 Å². The van der Waals surface area contributed by atoms with Gasteiger partial charge in [0, 0.05) is 6.04 Å². The summed E-state index contributed by atoms with van der Waals surface area (Å²) >= 11 is 3.17. The number of hydrogen-bond donors (Lipinski definition) is 1. The van der Waals surface area contributed by atoms with Crippen LogP contribution in [0.15, 0.2) is 18.2 Å². The molecule has 2 atom stereocenters. The molecule has 1 aliphatic heterocycles. The Balaban J connectivity index is 0.00000162. The molecular formula is C13H16Br2FNO. The largest absolute Gasteiger partial charge is 0.310 e. The van der Waals surface area contributed by atoms with Gasteiger partial charge in [-0.3, -0.25) is 4.79 Å². The molecule has 2 unspecified atom stereocenters. The Hall–Kier alpha value is -0.260. The Morgan fingerprint density at radius 1 is 1.56 bits per heavy atom. The molecule has 1 aliphatic rings. The molecule has 2 rings (SSSR count). The van der Waals surface area contributed by atoms with E-state index in [1.54, 1.807) is 13.0 Å². The quantitative estimate of drug-likeness (QED) is 0.638. The first-order valence-electron chi connectivity index (χ1n) is 5.80. The lowest BCUT2D eigenvalue weighted by Gasteiger charge is -2.12. The number of Topliss-reactive ketones (excluding diaryl/α,β-unsaturated/α-hetero) is 1. The van der Waals surface area contributed by atoms with Crippen LogP contribution in [-0.4, -0.2) is 17.2 Å². The average molecular weight is 381 g/mol. The fourth-order valence-electron chi connectivity index (χ4n) is 2.13. The SMILES string of the molecule is Br.CC(Br)C(=O)c1ccc(C2CCCN2)cc1F. The first-order valence-corrected chi connectivity index (χ1v) is 6.72. The number of ketones is 1. The smallest absolute Gasteiger partial charge is 0.179 e. The van der Waals surface area contributed by atoms with Gasteiger partial charge in [-0.2, -0.15) is 0 Å². The maximum absolute atomic E-state index is 13.8. The number of rotatable bonds is 3. The summed E-state index contributed by atoms with van der Waals surface area (Å²) in [7, 11) is 0. The molecule has 0 aliphatic carbocycles. The zero-order chi connectivity index (χ0) is 12.4. The zero-order valence-corrected chi connectivity index (χ0v) is 13.4. The van der Waals surface area contributed by atoms with Crippen molar-refractivity contribution >= 4 is 38.7 Å². The van der Waals surface area contributed by atoms with Crippen molar-refractivity contribution < 1.29 is 9.18 Å². The highest BCUT2D eigenvalue weighted by Gasteiger charge is 2.20. The third-order valence-corrected chi connectivity index (χ3v) is 3.50. The van der Waals surface area contributed by atoms with Crippen molar-refractivity contribution in [1.29, 1.82) is 0 Å². The lowest BCUT2D eigenvalue weighted by atomic mass is 10.0. The van der Waals surface area contributed by atoms with E-state index in [4.69, 9.17) is 0 Å². The third-order valence-electron chi connectivity index (χ3n) is 3.08. The topological polar surface area (TPSA) is 29.1 Å². The third kappa shape index (κ3) is 3.39. The molecule has 0 spiro atoms. The minimum Gasteiger partial charge on any atom is -0.310 e. The molecule has 1 saturated heterocycles. The van der Waals surface area contributed by atoms with E-state index in [1.807, 2.05) is 6.07 Å². The maximum Gasteiger partial charge on any atom is 0.179 e. The Kier molecular flexibility index (Phi) is 5.95. The normalized spacial score (nSPS) is 20.3. The van der Waals surface area contributed by atoms with E-state index in [1.165, 1.54) is 6.07 Å².